The molecule has 0 heterocycles. The summed E-state index contributed by atoms with van der Waals surface area (Å²) in [6, 6.07) is 8.51. The lowest BCUT2D eigenvalue weighted by molar-refractivity contribution is 0.450. The van der Waals surface area contributed by atoms with Crippen LogP contribution in [0.25, 0.3) is 0 Å². The van der Waals surface area contributed by atoms with E-state index in [1.54, 1.807) is 43.3 Å². The molecule has 0 bridgehead atoms. The summed E-state index contributed by atoms with van der Waals surface area (Å²) in [5.41, 5.74) is 0. The molecule has 0 aromatic heterocycles. The Labute approximate surface area is 97.3 Å². The smallest absolute Gasteiger partial charge is 0.203 e. The zero-order valence-electron chi connectivity index (χ0n) is 9.84. The number of hydrogen-bond acceptors (Lipinski definition) is 3. The molecule has 0 unspecified atom stereocenters. The molecule has 0 fully saturated rings. The number of hydrogen-bond donors (Lipinski definition) is 0. The molecule has 0 saturated heterocycles. The predicted molar refractivity (Wildman–Crippen MR) is 65.9 cm³/mol. The average molecular weight is 239 g/mol. The van der Waals surface area contributed by atoms with E-state index in [2.05, 4.69) is 0 Å². The summed E-state index contributed by atoms with van der Waals surface area (Å²) < 4.78 is 24.4. The van der Waals surface area contributed by atoms with Crippen LogP contribution in [0.5, 0.6) is 0 Å². The normalized spacial score (nSPS) is 13.1. The zero-order valence-corrected chi connectivity index (χ0v) is 10.7. The monoisotopic (exact) mass is 239 g/mol. The Morgan fingerprint density at radius 1 is 1.25 bits per heavy atom. The SMILES string of the molecule is C/C=C(\CN(C)C)S(=O)(=O)c1ccccc1. The Bertz CT molecular complexity index is 461. The summed E-state index contributed by atoms with van der Waals surface area (Å²) in [5, 5.41) is 0. The Balaban J connectivity index is 3.11. The second-order valence-electron chi connectivity index (χ2n) is 3.81. The van der Waals surface area contributed by atoms with E-state index in [9.17, 15) is 8.42 Å². The van der Waals surface area contributed by atoms with Gasteiger partial charge in [0.15, 0.2) is 0 Å². The lowest BCUT2D eigenvalue weighted by atomic mass is 10.4. The molecule has 0 spiro atoms. The second-order valence-corrected chi connectivity index (χ2v) is 5.81. The van der Waals surface area contributed by atoms with Crippen LogP contribution in [0.1, 0.15) is 6.92 Å². The fraction of sp³-hybridized carbons (Fsp3) is 0.333. The van der Waals surface area contributed by atoms with E-state index in [-0.39, 0.29) is 0 Å². The van der Waals surface area contributed by atoms with Crippen molar-refractivity contribution in [1.29, 1.82) is 0 Å². The van der Waals surface area contributed by atoms with Gasteiger partial charge in [0, 0.05) is 6.54 Å². The van der Waals surface area contributed by atoms with E-state index in [1.165, 1.54) is 0 Å². The molecule has 0 radical (unpaired) electrons. The standard InChI is InChI=1S/C12H17NO2S/c1-4-11(10-13(2)3)16(14,15)12-8-6-5-7-9-12/h4-9H,10H2,1-3H3/b11-4+. The Morgan fingerprint density at radius 2 is 1.81 bits per heavy atom. The fourth-order valence-corrected chi connectivity index (χ4v) is 2.95. The third-order valence-electron chi connectivity index (χ3n) is 2.19. The van der Waals surface area contributed by atoms with Gasteiger partial charge in [-0.15, -0.1) is 0 Å². The molecular formula is C12H17NO2S. The van der Waals surface area contributed by atoms with Crippen LogP contribution in [0.2, 0.25) is 0 Å². The van der Waals surface area contributed by atoms with E-state index in [1.807, 2.05) is 19.0 Å². The highest BCUT2D eigenvalue weighted by molar-refractivity contribution is 7.95. The highest BCUT2D eigenvalue weighted by Crippen LogP contribution is 2.18. The first-order valence-electron chi connectivity index (χ1n) is 5.08. The van der Waals surface area contributed by atoms with Gasteiger partial charge < -0.3 is 4.90 Å². The van der Waals surface area contributed by atoms with Crippen LogP contribution in [-0.4, -0.2) is 34.0 Å². The molecule has 3 nitrogen and oxygen atoms in total. The molecule has 16 heavy (non-hydrogen) atoms. The fourth-order valence-electron chi connectivity index (χ4n) is 1.39. The van der Waals surface area contributed by atoms with E-state index in [0.29, 0.717) is 16.3 Å². The Morgan fingerprint density at radius 3 is 2.25 bits per heavy atom. The summed E-state index contributed by atoms with van der Waals surface area (Å²) >= 11 is 0. The average Bonchev–Trinajstić information content (AvgIpc) is 2.26. The maximum Gasteiger partial charge on any atom is 0.203 e. The van der Waals surface area contributed by atoms with Gasteiger partial charge >= 0.3 is 0 Å². The number of likely N-dealkylation sites (N-methyl/N-ethyl adjacent to an activating group) is 1. The first-order valence-corrected chi connectivity index (χ1v) is 6.57. The van der Waals surface area contributed by atoms with Crippen LogP contribution < -0.4 is 0 Å². The number of rotatable bonds is 4. The molecule has 0 aliphatic heterocycles. The van der Waals surface area contributed by atoms with Gasteiger partial charge in [0.2, 0.25) is 9.84 Å². The molecule has 0 aliphatic rings. The van der Waals surface area contributed by atoms with E-state index in [0.717, 1.165) is 0 Å². The van der Waals surface area contributed by atoms with E-state index >= 15 is 0 Å². The van der Waals surface area contributed by atoms with Crippen LogP contribution in [0.4, 0.5) is 0 Å². The van der Waals surface area contributed by atoms with Crippen molar-refractivity contribution in [2.75, 3.05) is 20.6 Å². The van der Waals surface area contributed by atoms with Crippen molar-refractivity contribution in [2.45, 2.75) is 11.8 Å². The minimum Gasteiger partial charge on any atom is -0.304 e. The minimum absolute atomic E-state index is 0.352. The van der Waals surface area contributed by atoms with Crippen LogP contribution >= 0.6 is 0 Å². The molecular weight excluding hydrogens is 222 g/mol. The van der Waals surface area contributed by atoms with Gasteiger partial charge in [-0.3, -0.25) is 0 Å². The zero-order chi connectivity index (χ0) is 12.2. The quantitative estimate of drug-likeness (QED) is 0.805. The summed E-state index contributed by atoms with van der Waals surface area (Å²) in [6.07, 6.45) is 1.66. The van der Waals surface area contributed by atoms with E-state index in [4.69, 9.17) is 0 Å². The number of sulfone groups is 1. The van der Waals surface area contributed by atoms with Gasteiger partial charge in [-0.05, 0) is 33.2 Å². The minimum atomic E-state index is -3.33. The second kappa shape index (κ2) is 5.27. The number of allylic oxidation sites excluding steroid dienone is 1. The van der Waals surface area contributed by atoms with Crippen molar-refractivity contribution in [3.63, 3.8) is 0 Å². The van der Waals surface area contributed by atoms with Crippen molar-refractivity contribution in [2.24, 2.45) is 0 Å². The molecule has 1 aromatic rings. The van der Waals surface area contributed by atoms with Gasteiger partial charge in [0.25, 0.3) is 0 Å². The summed E-state index contributed by atoms with van der Waals surface area (Å²) in [7, 11) is 0.376. The highest BCUT2D eigenvalue weighted by atomic mass is 32.2. The van der Waals surface area contributed by atoms with Crippen molar-refractivity contribution in [3.05, 3.63) is 41.3 Å². The molecule has 0 atom stereocenters. The van der Waals surface area contributed by atoms with Gasteiger partial charge in [0.1, 0.15) is 0 Å². The third kappa shape index (κ3) is 2.93. The van der Waals surface area contributed by atoms with Gasteiger partial charge in [0.05, 0.1) is 9.80 Å². The maximum atomic E-state index is 12.2. The molecule has 88 valence electrons. The molecule has 1 aromatic carbocycles. The van der Waals surface area contributed by atoms with Crippen molar-refractivity contribution in [1.82, 2.24) is 4.90 Å². The largest absolute Gasteiger partial charge is 0.304 e. The predicted octanol–water partition coefficient (Wildman–Crippen LogP) is 1.93. The van der Waals surface area contributed by atoms with Crippen molar-refractivity contribution >= 4 is 9.84 Å². The van der Waals surface area contributed by atoms with Crippen LogP contribution in [0.3, 0.4) is 0 Å². The lowest BCUT2D eigenvalue weighted by Gasteiger charge is -2.13. The number of nitrogens with zero attached hydrogens (tertiary/aromatic N) is 1. The molecule has 0 saturated carbocycles. The maximum absolute atomic E-state index is 12.2. The summed E-state index contributed by atoms with van der Waals surface area (Å²) in [5.74, 6) is 0. The van der Waals surface area contributed by atoms with Gasteiger partial charge in [-0.1, -0.05) is 24.3 Å². The van der Waals surface area contributed by atoms with E-state index < -0.39 is 9.84 Å². The molecule has 0 N–H and O–H groups in total. The van der Waals surface area contributed by atoms with Crippen LogP contribution in [-0.2, 0) is 9.84 Å². The molecule has 0 amide bonds. The van der Waals surface area contributed by atoms with Gasteiger partial charge in [-0.2, -0.15) is 0 Å². The first-order chi connectivity index (χ1) is 7.48. The molecule has 1 rings (SSSR count). The molecule has 4 heteroatoms. The van der Waals surface area contributed by atoms with Crippen molar-refractivity contribution < 1.29 is 8.42 Å². The van der Waals surface area contributed by atoms with Gasteiger partial charge in [-0.25, -0.2) is 8.42 Å². The highest BCUT2D eigenvalue weighted by Gasteiger charge is 2.19. The topological polar surface area (TPSA) is 37.4 Å². The lowest BCUT2D eigenvalue weighted by Crippen LogP contribution is -2.20. The summed E-state index contributed by atoms with van der Waals surface area (Å²) in [6.45, 7) is 2.17. The Hall–Kier alpha value is -1.13. The van der Waals surface area contributed by atoms with Crippen molar-refractivity contribution in [3.8, 4) is 0 Å². The molecule has 0 aliphatic carbocycles. The van der Waals surface area contributed by atoms with Crippen LogP contribution in [0.15, 0.2) is 46.2 Å². The number of benzene rings is 1. The van der Waals surface area contributed by atoms with Crippen LogP contribution in [0, 0.1) is 0 Å². The summed E-state index contributed by atoms with van der Waals surface area (Å²) in [4.78, 5) is 2.63. The first kappa shape index (κ1) is 12.9. The third-order valence-corrected chi connectivity index (χ3v) is 4.14. The Kier molecular flexibility index (Phi) is 4.26.